The Morgan fingerprint density at radius 1 is 1.47 bits per heavy atom. The molecule has 2 heterocycles. The van der Waals surface area contributed by atoms with E-state index in [1.54, 1.807) is 11.3 Å². The first kappa shape index (κ1) is 12.0. The van der Waals surface area contributed by atoms with Crippen molar-refractivity contribution in [1.82, 2.24) is 9.38 Å². The van der Waals surface area contributed by atoms with Crippen LogP contribution in [-0.4, -0.2) is 15.7 Å². The number of thiazole rings is 1. The van der Waals surface area contributed by atoms with Crippen LogP contribution < -0.4 is 0 Å². The van der Waals surface area contributed by atoms with Gasteiger partial charge in [0.2, 0.25) is 0 Å². The number of fused-ring (bicyclic) bond motifs is 1. The minimum Gasteiger partial charge on any atom is -0.298 e. The van der Waals surface area contributed by atoms with Gasteiger partial charge in [0.1, 0.15) is 6.29 Å². The topological polar surface area (TPSA) is 34.4 Å². The van der Waals surface area contributed by atoms with Gasteiger partial charge in [-0.3, -0.25) is 9.20 Å². The number of hydrogen-bond donors (Lipinski definition) is 0. The number of rotatable bonds is 3. The van der Waals surface area contributed by atoms with Crippen molar-refractivity contribution in [1.29, 1.82) is 0 Å². The number of carbonyl (C=O) groups excluding carboxylic acids is 1. The van der Waals surface area contributed by atoms with Gasteiger partial charge in [-0.1, -0.05) is 13.8 Å². The molecule has 0 aliphatic rings. The number of aldehydes is 1. The van der Waals surface area contributed by atoms with Crippen molar-refractivity contribution in [2.45, 2.75) is 27.7 Å². The Bertz CT molecular complexity index is 590. The first-order valence-electron chi connectivity index (χ1n) is 5.64. The van der Waals surface area contributed by atoms with E-state index in [9.17, 15) is 4.79 Å². The molecule has 0 saturated carbocycles. The van der Waals surface area contributed by atoms with Crippen LogP contribution in [0.3, 0.4) is 0 Å². The third-order valence-corrected chi connectivity index (χ3v) is 3.80. The summed E-state index contributed by atoms with van der Waals surface area (Å²) in [5.74, 6) is 0.233. The van der Waals surface area contributed by atoms with Crippen LogP contribution in [0.4, 0.5) is 0 Å². The lowest BCUT2D eigenvalue weighted by molar-refractivity contribution is -0.105. The van der Waals surface area contributed by atoms with Gasteiger partial charge in [-0.05, 0) is 31.4 Å². The lowest BCUT2D eigenvalue weighted by Crippen LogP contribution is -1.97. The molecule has 0 aliphatic heterocycles. The molecule has 0 saturated heterocycles. The Morgan fingerprint density at radius 2 is 2.18 bits per heavy atom. The molecule has 2 aromatic heterocycles. The Kier molecular flexibility index (Phi) is 3.15. The first-order valence-corrected chi connectivity index (χ1v) is 6.52. The normalized spacial score (nSPS) is 12.6. The molecule has 2 rings (SSSR count). The fourth-order valence-electron chi connectivity index (χ4n) is 1.79. The molecule has 0 aromatic carbocycles. The molecule has 3 nitrogen and oxygen atoms in total. The fourth-order valence-corrected chi connectivity index (χ4v) is 2.71. The molecular weight excluding hydrogens is 232 g/mol. The van der Waals surface area contributed by atoms with Gasteiger partial charge >= 0.3 is 0 Å². The number of aromatic nitrogens is 2. The van der Waals surface area contributed by atoms with Crippen molar-refractivity contribution in [3.05, 3.63) is 28.0 Å². The average molecular weight is 248 g/mol. The standard InChI is InChI=1S/C13H16N2OS/c1-8(2)11(6-16)5-12-10(4)14-13-15(12)9(3)7-17-13/h5-8H,1-4H3. The third-order valence-electron chi connectivity index (χ3n) is 2.86. The number of imidazole rings is 1. The van der Waals surface area contributed by atoms with Gasteiger partial charge in [-0.25, -0.2) is 4.98 Å². The Labute approximate surface area is 105 Å². The monoisotopic (exact) mass is 248 g/mol. The quantitative estimate of drug-likeness (QED) is 0.617. The van der Waals surface area contributed by atoms with Gasteiger partial charge in [0.15, 0.2) is 4.96 Å². The average Bonchev–Trinajstić information content (AvgIpc) is 2.76. The van der Waals surface area contributed by atoms with Crippen LogP contribution in [0, 0.1) is 19.8 Å². The minimum atomic E-state index is 0.233. The van der Waals surface area contributed by atoms with Gasteiger partial charge < -0.3 is 0 Å². The minimum absolute atomic E-state index is 0.233. The molecule has 0 fully saturated rings. The maximum absolute atomic E-state index is 11.0. The van der Waals surface area contributed by atoms with Gasteiger partial charge in [0, 0.05) is 11.1 Å². The summed E-state index contributed by atoms with van der Waals surface area (Å²) in [6.45, 7) is 8.08. The van der Waals surface area contributed by atoms with E-state index in [4.69, 9.17) is 0 Å². The Morgan fingerprint density at radius 3 is 2.76 bits per heavy atom. The zero-order chi connectivity index (χ0) is 12.6. The zero-order valence-corrected chi connectivity index (χ0v) is 11.3. The van der Waals surface area contributed by atoms with Crippen molar-refractivity contribution in [3.8, 4) is 0 Å². The molecule has 0 atom stereocenters. The van der Waals surface area contributed by atoms with E-state index in [-0.39, 0.29) is 5.92 Å². The van der Waals surface area contributed by atoms with Crippen LogP contribution >= 0.6 is 11.3 Å². The number of hydrogen-bond acceptors (Lipinski definition) is 3. The predicted octanol–water partition coefficient (Wildman–Crippen LogP) is 3.25. The molecule has 0 spiro atoms. The van der Waals surface area contributed by atoms with Gasteiger partial charge in [0.05, 0.1) is 11.4 Å². The summed E-state index contributed by atoms with van der Waals surface area (Å²) in [5, 5.41) is 2.08. The maximum atomic E-state index is 11.0. The number of aryl methyl sites for hydroxylation is 2. The molecule has 2 aromatic rings. The van der Waals surface area contributed by atoms with E-state index >= 15 is 0 Å². The van der Waals surface area contributed by atoms with Crippen LogP contribution in [0.5, 0.6) is 0 Å². The zero-order valence-electron chi connectivity index (χ0n) is 10.5. The van der Waals surface area contributed by atoms with Crippen molar-refractivity contribution >= 4 is 28.7 Å². The van der Waals surface area contributed by atoms with Crippen LogP contribution in [0.2, 0.25) is 0 Å². The van der Waals surface area contributed by atoms with Gasteiger partial charge in [0.25, 0.3) is 0 Å². The highest BCUT2D eigenvalue weighted by atomic mass is 32.1. The second kappa shape index (κ2) is 4.45. The largest absolute Gasteiger partial charge is 0.298 e. The smallest absolute Gasteiger partial charge is 0.194 e. The van der Waals surface area contributed by atoms with E-state index < -0.39 is 0 Å². The maximum Gasteiger partial charge on any atom is 0.194 e. The van der Waals surface area contributed by atoms with Gasteiger partial charge in [-0.15, -0.1) is 11.3 Å². The number of nitrogens with zero attached hydrogens (tertiary/aromatic N) is 2. The molecule has 90 valence electrons. The van der Waals surface area contributed by atoms with Crippen LogP contribution in [0.25, 0.3) is 11.0 Å². The summed E-state index contributed by atoms with van der Waals surface area (Å²) in [6, 6.07) is 0. The molecule has 17 heavy (non-hydrogen) atoms. The predicted molar refractivity (Wildman–Crippen MR) is 71.4 cm³/mol. The summed E-state index contributed by atoms with van der Waals surface area (Å²) < 4.78 is 2.10. The van der Waals surface area contributed by atoms with E-state index in [1.807, 2.05) is 26.8 Å². The second-order valence-electron chi connectivity index (χ2n) is 4.49. The summed E-state index contributed by atoms with van der Waals surface area (Å²) in [7, 11) is 0. The molecule has 0 unspecified atom stereocenters. The van der Waals surface area contributed by atoms with E-state index in [1.165, 1.54) is 0 Å². The lowest BCUT2D eigenvalue weighted by atomic mass is 10.0. The molecule has 4 heteroatoms. The highest BCUT2D eigenvalue weighted by molar-refractivity contribution is 7.15. The summed E-state index contributed by atoms with van der Waals surface area (Å²) >= 11 is 1.63. The summed E-state index contributed by atoms with van der Waals surface area (Å²) in [6.07, 6.45) is 2.89. The summed E-state index contributed by atoms with van der Waals surface area (Å²) in [4.78, 5) is 16.5. The molecular formula is C13H16N2OS. The molecule has 0 bridgehead atoms. The fraction of sp³-hybridized carbons (Fsp3) is 0.385. The van der Waals surface area contributed by atoms with Crippen molar-refractivity contribution in [3.63, 3.8) is 0 Å². The Balaban J connectivity index is 2.65. The van der Waals surface area contributed by atoms with Crippen molar-refractivity contribution in [2.75, 3.05) is 0 Å². The third kappa shape index (κ3) is 2.05. The van der Waals surface area contributed by atoms with Gasteiger partial charge in [-0.2, -0.15) is 0 Å². The van der Waals surface area contributed by atoms with Crippen molar-refractivity contribution < 1.29 is 4.79 Å². The molecule has 0 aliphatic carbocycles. The lowest BCUT2D eigenvalue weighted by Gasteiger charge is -2.04. The molecule has 0 radical (unpaired) electrons. The highest BCUT2D eigenvalue weighted by Crippen LogP contribution is 2.23. The van der Waals surface area contributed by atoms with Crippen LogP contribution in [0.15, 0.2) is 11.0 Å². The summed E-state index contributed by atoms with van der Waals surface area (Å²) in [5.41, 5.74) is 3.96. The van der Waals surface area contributed by atoms with E-state index in [2.05, 4.69) is 21.7 Å². The highest BCUT2D eigenvalue weighted by Gasteiger charge is 2.12. The Hall–Kier alpha value is -1.42. The number of carbonyl (C=O) groups is 1. The first-order chi connectivity index (χ1) is 8.04. The number of allylic oxidation sites excluding steroid dienone is 1. The van der Waals surface area contributed by atoms with Crippen LogP contribution in [0.1, 0.15) is 30.9 Å². The molecule has 0 amide bonds. The van der Waals surface area contributed by atoms with Crippen molar-refractivity contribution in [2.24, 2.45) is 5.92 Å². The molecule has 0 N–H and O–H groups in total. The SMILES string of the molecule is Cc1nc2scc(C)n2c1C=C(C=O)C(C)C. The van der Waals surface area contributed by atoms with E-state index in [0.29, 0.717) is 0 Å². The van der Waals surface area contributed by atoms with Crippen LogP contribution in [-0.2, 0) is 4.79 Å². The van der Waals surface area contributed by atoms with E-state index in [0.717, 1.165) is 33.9 Å². The second-order valence-corrected chi connectivity index (χ2v) is 5.33.